The molecule has 0 atom stereocenters. The van der Waals surface area contributed by atoms with Crippen molar-refractivity contribution in [1.82, 2.24) is 0 Å². The quantitative estimate of drug-likeness (QED) is 0.325. The van der Waals surface area contributed by atoms with Crippen LogP contribution in [0.4, 0.5) is 0 Å². The van der Waals surface area contributed by atoms with Gasteiger partial charge in [-0.1, -0.05) is 26.0 Å². The summed E-state index contributed by atoms with van der Waals surface area (Å²) in [5, 5.41) is 5.39. The van der Waals surface area contributed by atoms with Gasteiger partial charge in [0.2, 0.25) is 0 Å². The van der Waals surface area contributed by atoms with Crippen LogP contribution in [0.3, 0.4) is 0 Å². The van der Waals surface area contributed by atoms with Crippen LogP contribution in [0.1, 0.15) is 18.1 Å². The van der Waals surface area contributed by atoms with Crippen LogP contribution < -0.4 is 0 Å². The van der Waals surface area contributed by atoms with Crippen molar-refractivity contribution in [2.45, 2.75) is 20.8 Å². The van der Waals surface area contributed by atoms with E-state index in [1.807, 2.05) is 6.92 Å². The third kappa shape index (κ3) is 5.22. The predicted molar refractivity (Wildman–Crippen MR) is 100 cm³/mol. The summed E-state index contributed by atoms with van der Waals surface area (Å²) in [7, 11) is 0. The zero-order valence-corrected chi connectivity index (χ0v) is 16.5. The van der Waals surface area contributed by atoms with Crippen molar-refractivity contribution in [2.24, 2.45) is 0 Å². The molecule has 0 aliphatic heterocycles. The Hall–Kier alpha value is -1.59. The Morgan fingerprint density at radius 3 is 1.43 bits per heavy atom. The predicted octanol–water partition coefficient (Wildman–Crippen LogP) is 6.09. The largest absolute Gasteiger partial charge is 0.165 e. The fourth-order valence-corrected chi connectivity index (χ4v) is 2.61. The Bertz CT molecular complexity index is 739. The van der Waals surface area contributed by atoms with Crippen molar-refractivity contribution in [2.75, 3.05) is 0 Å². The average molecular weight is 378 g/mol. The van der Waals surface area contributed by atoms with E-state index in [0.29, 0.717) is 0 Å². The van der Waals surface area contributed by atoms with Gasteiger partial charge < -0.3 is 0 Å². The molecule has 0 fully saturated rings. The SMILES string of the molecule is C[CH]=[Zr].Cc1cc2ccccc2[cH-]1.Cc1cc2ccccc2[cH-]1. The maximum atomic E-state index is 2.20. The molecule has 0 bridgehead atoms. The molecule has 0 N–H and O–H groups in total. The number of rotatable bonds is 0. The Balaban J connectivity index is 0.000000143. The summed E-state index contributed by atoms with van der Waals surface area (Å²) in [5.41, 5.74) is 2.70. The van der Waals surface area contributed by atoms with E-state index in [-0.39, 0.29) is 0 Å². The number of hydrogen-bond donors (Lipinski definition) is 0. The molecule has 0 heterocycles. The van der Waals surface area contributed by atoms with E-state index < -0.39 is 0 Å². The van der Waals surface area contributed by atoms with Gasteiger partial charge in [-0.05, 0) is 0 Å². The first kappa shape index (κ1) is 17.8. The van der Waals surface area contributed by atoms with Gasteiger partial charge >= 0.3 is 34.9 Å². The third-order valence-corrected chi connectivity index (χ3v) is 3.52. The van der Waals surface area contributed by atoms with Gasteiger partial charge in [-0.2, -0.15) is 12.1 Å². The second kappa shape index (κ2) is 8.89. The van der Waals surface area contributed by atoms with Crippen LogP contribution in [-0.2, 0) is 24.2 Å². The zero-order valence-electron chi connectivity index (χ0n) is 14.0. The molecular weight excluding hydrogens is 355 g/mol. The minimum Gasteiger partial charge on any atom is -0.165 e. The van der Waals surface area contributed by atoms with E-state index >= 15 is 0 Å². The molecule has 0 unspecified atom stereocenters. The topological polar surface area (TPSA) is 0 Å². The molecule has 1 heteroatoms. The van der Waals surface area contributed by atoms with E-state index in [1.54, 1.807) is 0 Å². The van der Waals surface area contributed by atoms with Gasteiger partial charge in [0.05, 0.1) is 0 Å². The summed E-state index contributed by atoms with van der Waals surface area (Å²) >= 11 is 1.51. The van der Waals surface area contributed by atoms with E-state index in [4.69, 9.17) is 0 Å². The Kier molecular flexibility index (Phi) is 6.87. The minimum atomic E-state index is 1.35. The van der Waals surface area contributed by atoms with Crippen molar-refractivity contribution in [3.8, 4) is 0 Å². The Morgan fingerprint density at radius 2 is 1.09 bits per heavy atom. The molecule has 0 aliphatic rings. The molecule has 0 saturated carbocycles. The standard InChI is InChI=1S/2C10H9.C2H4.Zr/c2*1-8-6-9-4-2-3-5-10(9)7-8;1-2;/h2*2-7H,1H3;1H,2H3;/q2*-1;;. The number of hydrogen-bond acceptors (Lipinski definition) is 0. The summed E-state index contributed by atoms with van der Waals surface area (Å²) in [6.07, 6.45) is 0. The van der Waals surface area contributed by atoms with Gasteiger partial charge in [-0.3, -0.25) is 0 Å². The van der Waals surface area contributed by atoms with Gasteiger partial charge in [0.1, 0.15) is 0 Å². The first-order chi connectivity index (χ1) is 11.1. The number of aryl methyl sites for hydroxylation is 2. The van der Waals surface area contributed by atoms with Gasteiger partial charge in [0.15, 0.2) is 0 Å². The summed E-state index contributed by atoms with van der Waals surface area (Å²) < 4.78 is 2.09. The van der Waals surface area contributed by atoms with Crippen LogP contribution in [0.2, 0.25) is 0 Å². The molecule has 0 spiro atoms. The van der Waals surface area contributed by atoms with Crippen molar-refractivity contribution in [3.05, 3.63) is 83.9 Å². The second-order valence-electron chi connectivity index (χ2n) is 5.61. The van der Waals surface area contributed by atoms with Crippen LogP contribution >= 0.6 is 0 Å². The third-order valence-electron chi connectivity index (χ3n) is 3.52. The molecule has 0 aromatic heterocycles. The summed E-state index contributed by atoms with van der Waals surface area (Å²) in [6, 6.07) is 25.7. The van der Waals surface area contributed by atoms with Crippen LogP contribution in [-0.4, -0.2) is 3.71 Å². The number of fused-ring (bicyclic) bond motifs is 2. The zero-order chi connectivity index (χ0) is 16.7. The van der Waals surface area contributed by atoms with E-state index in [2.05, 4.69) is 90.4 Å². The molecule has 116 valence electrons. The van der Waals surface area contributed by atoms with Crippen LogP contribution in [0.25, 0.3) is 21.5 Å². The maximum Gasteiger partial charge on any atom is -0.0579 e. The van der Waals surface area contributed by atoms with E-state index in [1.165, 1.54) is 56.9 Å². The van der Waals surface area contributed by atoms with Crippen molar-refractivity contribution < 1.29 is 24.2 Å². The summed E-state index contributed by atoms with van der Waals surface area (Å²) in [5.74, 6) is 0. The minimum absolute atomic E-state index is 1.35. The molecule has 0 aliphatic carbocycles. The van der Waals surface area contributed by atoms with Crippen LogP contribution in [0.15, 0.2) is 72.8 Å². The van der Waals surface area contributed by atoms with Crippen LogP contribution in [0, 0.1) is 13.8 Å². The first-order valence-corrected chi connectivity index (χ1v) is 9.25. The fraction of sp³-hybridized carbons (Fsp3) is 0.136. The molecule has 4 aromatic rings. The smallest absolute Gasteiger partial charge is 0.0579 e. The average Bonchev–Trinajstić information content (AvgIpc) is 3.08. The molecule has 4 rings (SSSR count). The van der Waals surface area contributed by atoms with Crippen molar-refractivity contribution in [3.63, 3.8) is 0 Å². The maximum absolute atomic E-state index is 2.20. The molecule has 23 heavy (non-hydrogen) atoms. The van der Waals surface area contributed by atoms with Gasteiger partial charge in [0.25, 0.3) is 0 Å². The van der Waals surface area contributed by atoms with E-state index in [0.717, 1.165) is 0 Å². The molecule has 0 radical (unpaired) electrons. The van der Waals surface area contributed by atoms with Gasteiger partial charge in [0, 0.05) is 0 Å². The molecule has 0 saturated heterocycles. The Morgan fingerprint density at radius 1 is 0.739 bits per heavy atom. The Labute approximate surface area is 153 Å². The van der Waals surface area contributed by atoms with Gasteiger partial charge in [-0.15, -0.1) is 81.2 Å². The summed E-state index contributed by atoms with van der Waals surface area (Å²) in [4.78, 5) is 0. The molecule has 4 aromatic carbocycles. The van der Waals surface area contributed by atoms with Crippen LogP contribution in [0.5, 0.6) is 0 Å². The number of benzene rings is 2. The fourth-order valence-electron chi connectivity index (χ4n) is 2.61. The molecule has 0 nitrogen and oxygen atoms in total. The molecule has 0 amide bonds. The van der Waals surface area contributed by atoms with Crippen molar-refractivity contribution >= 4 is 25.3 Å². The van der Waals surface area contributed by atoms with Gasteiger partial charge in [-0.25, -0.2) is 0 Å². The first-order valence-electron chi connectivity index (χ1n) is 7.83. The normalized spacial score (nSPS) is 9.65. The van der Waals surface area contributed by atoms with Crippen molar-refractivity contribution in [1.29, 1.82) is 0 Å². The van der Waals surface area contributed by atoms with E-state index in [9.17, 15) is 0 Å². The molecular formula is C22H22Zr-2. The monoisotopic (exact) mass is 376 g/mol. The second-order valence-corrected chi connectivity index (χ2v) is 7.03. The summed E-state index contributed by atoms with van der Waals surface area (Å²) in [6.45, 7) is 6.29.